The molecule has 0 unspecified atom stereocenters. The second-order valence-electron chi connectivity index (χ2n) is 7.06. The van der Waals surface area contributed by atoms with E-state index < -0.39 is 15.8 Å². The molecule has 154 valence electrons. The fraction of sp³-hybridized carbons (Fsp3) is 0.300. The van der Waals surface area contributed by atoms with Crippen molar-refractivity contribution in [3.63, 3.8) is 0 Å². The van der Waals surface area contributed by atoms with Crippen LogP contribution in [0.1, 0.15) is 33.4 Å². The predicted octanol–water partition coefficient (Wildman–Crippen LogP) is 4.46. The molecule has 0 bridgehead atoms. The number of anilines is 1. The van der Waals surface area contributed by atoms with E-state index >= 15 is 0 Å². The minimum atomic E-state index is -3.87. The zero-order valence-corrected chi connectivity index (χ0v) is 18.4. The molecule has 9 heteroatoms. The van der Waals surface area contributed by atoms with Crippen molar-refractivity contribution >= 4 is 27.6 Å². The third-order valence-corrected chi connectivity index (χ3v) is 7.26. The number of nitrogens with one attached hydrogen (secondary N) is 1. The predicted molar refractivity (Wildman–Crippen MR) is 111 cm³/mol. The minimum absolute atomic E-state index is 0.0436. The van der Waals surface area contributed by atoms with Crippen LogP contribution in [-0.4, -0.2) is 23.2 Å². The standard InChI is InChI=1S/C20H22ClFN4O2S/c1-11-12(2)14(4)19(15(5)13(11)3)29(27,28)25-20-23-10-26(24-20)9-16-6-7-17(22)8-18(16)21/h6-8,10H,9H2,1-5H3,(H,24,25). The number of sulfonamides is 1. The summed E-state index contributed by atoms with van der Waals surface area (Å²) in [5, 5.41) is 4.43. The molecule has 0 radical (unpaired) electrons. The SMILES string of the molecule is Cc1c(C)c(C)c(S(=O)(=O)Nc2ncn(Cc3ccc(F)cc3Cl)n2)c(C)c1C. The molecule has 29 heavy (non-hydrogen) atoms. The molecule has 0 aliphatic carbocycles. The lowest BCUT2D eigenvalue weighted by atomic mass is 9.95. The number of hydrogen-bond acceptors (Lipinski definition) is 4. The van der Waals surface area contributed by atoms with Crippen molar-refractivity contribution in [2.75, 3.05) is 4.72 Å². The van der Waals surface area contributed by atoms with E-state index in [1.807, 2.05) is 20.8 Å². The summed E-state index contributed by atoms with van der Waals surface area (Å²) in [6.07, 6.45) is 1.39. The maximum atomic E-state index is 13.2. The first-order valence-corrected chi connectivity index (χ1v) is 10.8. The first kappa shape index (κ1) is 21.3. The highest BCUT2D eigenvalue weighted by molar-refractivity contribution is 7.92. The Morgan fingerprint density at radius 2 is 1.62 bits per heavy atom. The molecule has 1 N–H and O–H groups in total. The summed E-state index contributed by atoms with van der Waals surface area (Å²) in [7, 11) is -3.87. The highest BCUT2D eigenvalue weighted by Gasteiger charge is 2.25. The molecular weight excluding hydrogens is 415 g/mol. The zero-order chi connectivity index (χ0) is 21.5. The van der Waals surface area contributed by atoms with E-state index in [0.29, 0.717) is 16.7 Å². The molecule has 0 saturated heterocycles. The Morgan fingerprint density at radius 3 is 2.21 bits per heavy atom. The van der Waals surface area contributed by atoms with Crippen LogP contribution in [0.15, 0.2) is 29.4 Å². The van der Waals surface area contributed by atoms with E-state index in [2.05, 4.69) is 14.8 Å². The Balaban J connectivity index is 1.90. The first-order chi connectivity index (χ1) is 13.5. The van der Waals surface area contributed by atoms with Crippen molar-refractivity contribution in [1.29, 1.82) is 0 Å². The van der Waals surface area contributed by atoms with E-state index in [4.69, 9.17) is 11.6 Å². The number of hydrogen-bond donors (Lipinski definition) is 1. The number of rotatable bonds is 5. The summed E-state index contributed by atoms with van der Waals surface area (Å²) >= 11 is 6.04. The molecule has 0 aliphatic rings. The van der Waals surface area contributed by atoms with Crippen LogP contribution in [-0.2, 0) is 16.6 Å². The topological polar surface area (TPSA) is 76.9 Å². The van der Waals surface area contributed by atoms with Gasteiger partial charge in [-0.05, 0) is 80.1 Å². The van der Waals surface area contributed by atoms with Crippen molar-refractivity contribution in [3.05, 3.63) is 68.7 Å². The smallest absolute Gasteiger partial charge is 0.246 e. The van der Waals surface area contributed by atoms with Crippen LogP contribution in [0.4, 0.5) is 10.3 Å². The number of aromatic nitrogens is 3. The van der Waals surface area contributed by atoms with Gasteiger partial charge in [-0.1, -0.05) is 17.7 Å². The Bertz CT molecular complexity index is 1180. The molecule has 0 fully saturated rings. The largest absolute Gasteiger partial charge is 0.264 e. The van der Waals surface area contributed by atoms with Crippen molar-refractivity contribution in [2.45, 2.75) is 46.1 Å². The Labute approximate surface area is 174 Å². The number of halogens is 2. The Kier molecular flexibility index (Phi) is 5.69. The van der Waals surface area contributed by atoms with Crippen LogP contribution < -0.4 is 4.72 Å². The van der Waals surface area contributed by atoms with Crippen LogP contribution in [0.25, 0.3) is 0 Å². The van der Waals surface area contributed by atoms with Gasteiger partial charge < -0.3 is 0 Å². The lowest BCUT2D eigenvalue weighted by Crippen LogP contribution is -2.18. The highest BCUT2D eigenvalue weighted by Crippen LogP contribution is 2.30. The lowest BCUT2D eigenvalue weighted by Gasteiger charge is -2.18. The molecule has 0 spiro atoms. The zero-order valence-electron chi connectivity index (χ0n) is 16.8. The third-order valence-electron chi connectivity index (χ3n) is 5.31. The summed E-state index contributed by atoms with van der Waals surface area (Å²) in [4.78, 5) is 4.28. The molecule has 3 rings (SSSR count). The number of nitrogens with zero attached hydrogens (tertiary/aromatic N) is 3. The van der Waals surface area contributed by atoms with Gasteiger partial charge in [-0.3, -0.25) is 0 Å². The van der Waals surface area contributed by atoms with Crippen LogP contribution in [0, 0.1) is 40.4 Å². The fourth-order valence-corrected chi connectivity index (χ4v) is 5.06. The van der Waals surface area contributed by atoms with Gasteiger partial charge in [-0.15, -0.1) is 5.10 Å². The van der Waals surface area contributed by atoms with Crippen LogP contribution in [0.5, 0.6) is 0 Å². The summed E-state index contributed by atoms with van der Waals surface area (Å²) in [6.45, 7) is 9.63. The van der Waals surface area contributed by atoms with E-state index in [-0.39, 0.29) is 22.4 Å². The Hall–Kier alpha value is -2.45. The molecule has 0 amide bonds. The maximum Gasteiger partial charge on any atom is 0.264 e. The summed E-state index contributed by atoms with van der Waals surface area (Å²) < 4.78 is 43.2. The van der Waals surface area contributed by atoms with Gasteiger partial charge in [0.1, 0.15) is 12.1 Å². The molecule has 1 heterocycles. The van der Waals surface area contributed by atoms with Gasteiger partial charge in [0.15, 0.2) is 0 Å². The van der Waals surface area contributed by atoms with Gasteiger partial charge in [-0.25, -0.2) is 22.2 Å². The van der Waals surface area contributed by atoms with Crippen LogP contribution >= 0.6 is 11.6 Å². The summed E-state index contributed by atoms with van der Waals surface area (Å²) in [6, 6.07) is 4.06. The molecule has 0 saturated carbocycles. The van der Waals surface area contributed by atoms with E-state index in [0.717, 1.165) is 16.7 Å². The second kappa shape index (κ2) is 7.76. The normalized spacial score (nSPS) is 11.7. The molecule has 2 aromatic carbocycles. The third kappa shape index (κ3) is 4.13. The minimum Gasteiger partial charge on any atom is -0.246 e. The maximum absolute atomic E-state index is 13.2. The molecule has 6 nitrogen and oxygen atoms in total. The van der Waals surface area contributed by atoms with E-state index in [1.54, 1.807) is 19.9 Å². The fourth-order valence-electron chi connectivity index (χ4n) is 3.28. The highest BCUT2D eigenvalue weighted by atomic mass is 35.5. The number of benzene rings is 2. The molecule has 0 atom stereocenters. The molecule has 3 aromatic rings. The first-order valence-electron chi connectivity index (χ1n) is 8.94. The summed E-state index contributed by atoms with van der Waals surface area (Å²) in [5.74, 6) is -0.474. The van der Waals surface area contributed by atoms with Crippen molar-refractivity contribution in [2.24, 2.45) is 0 Å². The van der Waals surface area contributed by atoms with Crippen LogP contribution in [0.2, 0.25) is 5.02 Å². The second-order valence-corrected chi connectivity index (χ2v) is 9.09. The van der Waals surface area contributed by atoms with E-state index in [1.165, 1.54) is 23.1 Å². The van der Waals surface area contributed by atoms with Gasteiger partial charge in [-0.2, -0.15) is 4.98 Å². The van der Waals surface area contributed by atoms with Crippen molar-refractivity contribution in [3.8, 4) is 0 Å². The van der Waals surface area contributed by atoms with Gasteiger partial charge in [0.2, 0.25) is 0 Å². The van der Waals surface area contributed by atoms with Crippen LogP contribution in [0.3, 0.4) is 0 Å². The van der Waals surface area contributed by atoms with Gasteiger partial charge in [0.05, 0.1) is 11.4 Å². The quantitative estimate of drug-likeness (QED) is 0.640. The summed E-state index contributed by atoms with van der Waals surface area (Å²) in [5.41, 5.74) is 5.02. The molecular formula is C20H22ClFN4O2S. The van der Waals surface area contributed by atoms with Crippen molar-refractivity contribution in [1.82, 2.24) is 14.8 Å². The van der Waals surface area contributed by atoms with Gasteiger partial charge >= 0.3 is 0 Å². The van der Waals surface area contributed by atoms with Gasteiger partial charge in [0.25, 0.3) is 16.0 Å². The average Bonchev–Trinajstić information content (AvgIpc) is 3.06. The van der Waals surface area contributed by atoms with Crippen molar-refractivity contribution < 1.29 is 12.8 Å². The average molecular weight is 437 g/mol. The molecule has 1 aromatic heterocycles. The van der Waals surface area contributed by atoms with E-state index in [9.17, 15) is 12.8 Å². The monoisotopic (exact) mass is 436 g/mol. The lowest BCUT2D eigenvalue weighted by molar-refractivity contribution is 0.599. The van der Waals surface area contributed by atoms with Gasteiger partial charge in [0, 0.05) is 5.02 Å². The Morgan fingerprint density at radius 1 is 1.03 bits per heavy atom. The molecule has 0 aliphatic heterocycles.